The molecule has 0 aliphatic heterocycles. The zero-order valence-electron chi connectivity index (χ0n) is 14.7. The number of aryl methyl sites for hydroxylation is 1. The van der Waals surface area contributed by atoms with Crippen molar-refractivity contribution in [3.05, 3.63) is 84.0 Å². The predicted molar refractivity (Wildman–Crippen MR) is 107 cm³/mol. The Balaban J connectivity index is 1.56. The maximum absolute atomic E-state index is 12.9. The normalized spacial score (nSPS) is 10.9. The van der Waals surface area contributed by atoms with Gasteiger partial charge in [0.05, 0.1) is 11.3 Å². The molecule has 4 aromatic rings. The maximum Gasteiger partial charge on any atom is 0.256 e. The van der Waals surface area contributed by atoms with Crippen LogP contribution in [0.2, 0.25) is 0 Å². The van der Waals surface area contributed by atoms with E-state index in [1.54, 1.807) is 6.92 Å². The molecule has 0 fully saturated rings. The highest BCUT2D eigenvalue weighted by Crippen LogP contribution is 2.28. The number of fused-ring (bicyclic) bond motifs is 1. The van der Waals surface area contributed by atoms with Crippen molar-refractivity contribution in [1.82, 2.24) is 10.1 Å². The Morgan fingerprint density at radius 1 is 1.04 bits per heavy atom. The first kappa shape index (κ1) is 17.3. The molecule has 27 heavy (non-hydrogen) atoms. The van der Waals surface area contributed by atoms with E-state index in [9.17, 15) is 4.79 Å². The van der Waals surface area contributed by atoms with Gasteiger partial charge in [-0.25, -0.2) is 0 Å². The Labute approximate surface area is 160 Å². The molecular weight excluding hydrogens is 358 g/mol. The molecule has 0 aliphatic carbocycles. The van der Waals surface area contributed by atoms with Crippen LogP contribution in [-0.4, -0.2) is 16.0 Å². The molecule has 1 N–H and O–H groups in total. The summed E-state index contributed by atoms with van der Waals surface area (Å²) in [5.74, 6) is 1.55. The summed E-state index contributed by atoms with van der Waals surface area (Å²) in [5.41, 5.74) is 1.42. The van der Waals surface area contributed by atoms with Gasteiger partial charge < -0.3 is 9.84 Å². The number of hydrogen-bond acceptors (Lipinski definition) is 5. The number of rotatable bonds is 5. The molecule has 0 bridgehead atoms. The second-order valence-corrected chi connectivity index (χ2v) is 7.01. The first-order valence-corrected chi connectivity index (χ1v) is 9.49. The number of amides is 1. The molecule has 5 nitrogen and oxygen atoms in total. The molecule has 3 aromatic carbocycles. The molecular formula is C21H17N3O2S. The van der Waals surface area contributed by atoms with Crippen molar-refractivity contribution < 1.29 is 9.32 Å². The highest BCUT2D eigenvalue weighted by Gasteiger charge is 2.14. The summed E-state index contributed by atoms with van der Waals surface area (Å²) in [6, 6.07) is 21.4. The maximum atomic E-state index is 12.9. The van der Waals surface area contributed by atoms with Gasteiger partial charge in [-0.15, -0.1) is 11.8 Å². The van der Waals surface area contributed by atoms with Crippen molar-refractivity contribution in [1.29, 1.82) is 0 Å². The van der Waals surface area contributed by atoms with Crippen LogP contribution in [-0.2, 0) is 5.75 Å². The van der Waals surface area contributed by atoms with E-state index in [4.69, 9.17) is 4.52 Å². The van der Waals surface area contributed by atoms with Crippen LogP contribution in [0.5, 0.6) is 0 Å². The van der Waals surface area contributed by atoms with E-state index in [2.05, 4.69) is 15.5 Å². The number of nitrogens with zero attached hydrogens (tertiary/aromatic N) is 2. The summed E-state index contributed by atoms with van der Waals surface area (Å²) < 4.78 is 5.00. The van der Waals surface area contributed by atoms with Gasteiger partial charge in [-0.3, -0.25) is 4.79 Å². The van der Waals surface area contributed by atoms with Gasteiger partial charge in [-0.2, -0.15) is 4.98 Å². The average Bonchev–Trinajstić information content (AvgIpc) is 3.12. The third kappa shape index (κ3) is 3.85. The molecule has 4 rings (SSSR count). The predicted octanol–water partition coefficient (Wildman–Crippen LogP) is 5.08. The topological polar surface area (TPSA) is 68.0 Å². The summed E-state index contributed by atoms with van der Waals surface area (Å²) in [7, 11) is 0. The lowest BCUT2D eigenvalue weighted by Crippen LogP contribution is -2.13. The number of thioether (sulfide) groups is 1. The molecule has 1 amide bonds. The van der Waals surface area contributed by atoms with Gasteiger partial charge in [0.1, 0.15) is 0 Å². The zero-order valence-corrected chi connectivity index (χ0v) is 15.5. The first-order valence-electron chi connectivity index (χ1n) is 8.51. The fourth-order valence-corrected chi connectivity index (χ4v) is 3.74. The van der Waals surface area contributed by atoms with Crippen molar-refractivity contribution in [2.45, 2.75) is 17.6 Å². The first-order chi connectivity index (χ1) is 13.2. The molecule has 1 heterocycles. The van der Waals surface area contributed by atoms with Crippen LogP contribution in [0.1, 0.15) is 22.1 Å². The van der Waals surface area contributed by atoms with Crippen LogP contribution >= 0.6 is 11.8 Å². The fraction of sp³-hybridized carbons (Fsp3) is 0.0952. The molecule has 0 radical (unpaired) electrons. The van der Waals surface area contributed by atoms with Crippen molar-refractivity contribution >= 4 is 34.1 Å². The van der Waals surface area contributed by atoms with E-state index < -0.39 is 0 Å². The van der Waals surface area contributed by atoms with E-state index in [0.717, 1.165) is 21.4 Å². The molecule has 0 aliphatic rings. The monoisotopic (exact) mass is 375 g/mol. The Bertz CT molecular complexity index is 1100. The number of nitrogens with one attached hydrogen (secondary N) is 1. The summed E-state index contributed by atoms with van der Waals surface area (Å²) in [5, 5.41) is 9.04. The zero-order chi connectivity index (χ0) is 18.6. The number of aromatic nitrogens is 2. The minimum absolute atomic E-state index is 0.140. The number of hydrogen-bond donors (Lipinski definition) is 1. The minimum atomic E-state index is -0.140. The second-order valence-electron chi connectivity index (χ2n) is 6.00. The third-order valence-electron chi connectivity index (χ3n) is 4.10. The third-order valence-corrected chi connectivity index (χ3v) is 5.17. The summed E-state index contributed by atoms with van der Waals surface area (Å²) >= 11 is 1.51. The lowest BCUT2D eigenvalue weighted by molar-refractivity contribution is 0.102. The standard InChI is InChI=1S/C21H17N3O2S/c1-14-22-20(24-26-14)13-27-19-12-5-4-10-17(19)21(25)23-18-11-6-8-15-7-2-3-9-16(15)18/h2-12H,13H2,1H3,(H,23,25). The van der Waals surface area contributed by atoms with Gasteiger partial charge in [-0.05, 0) is 23.6 Å². The average molecular weight is 375 g/mol. The number of benzene rings is 3. The van der Waals surface area contributed by atoms with Crippen LogP contribution < -0.4 is 5.32 Å². The summed E-state index contributed by atoms with van der Waals surface area (Å²) in [6.07, 6.45) is 0. The van der Waals surface area contributed by atoms with Crippen molar-refractivity contribution in [3.8, 4) is 0 Å². The largest absolute Gasteiger partial charge is 0.340 e. The van der Waals surface area contributed by atoms with Crippen LogP contribution in [0.15, 0.2) is 76.1 Å². The molecule has 0 saturated carbocycles. The number of anilines is 1. The Kier molecular flexibility index (Phi) is 4.89. The molecule has 0 spiro atoms. The smallest absolute Gasteiger partial charge is 0.256 e. The van der Waals surface area contributed by atoms with Crippen LogP contribution in [0.4, 0.5) is 5.69 Å². The van der Waals surface area contributed by atoms with Gasteiger partial charge in [0.15, 0.2) is 5.82 Å². The molecule has 0 saturated heterocycles. The number of carbonyl (C=O) groups excluding carboxylic acids is 1. The SMILES string of the molecule is Cc1nc(CSc2ccccc2C(=O)Nc2cccc3ccccc23)no1. The van der Waals surface area contributed by atoms with Crippen molar-refractivity contribution in [2.75, 3.05) is 5.32 Å². The minimum Gasteiger partial charge on any atom is -0.340 e. The quantitative estimate of drug-likeness (QED) is 0.493. The van der Waals surface area contributed by atoms with E-state index >= 15 is 0 Å². The van der Waals surface area contributed by atoms with Gasteiger partial charge in [0, 0.05) is 22.9 Å². The Morgan fingerprint density at radius 3 is 2.67 bits per heavy atom. The van der Waals surface area contributed by atoms with E-state index in [1.807, 2.05) is 66.7 Å². The van der Waals surface area contributed by atoms with E-state index in [1.165, 1.54) is 11.8 Å². The van der Waals surface area contributed by atoms with Gasteiger partial charge >= 0.3 is 0 Å². The van der Waals surface area contributed by atoms with Gasteiger partial charge in [0.25, 0.3) is 5.91 Å². The Hall–Kier alpha value is -3.12. The highest BCUT2D eigenvalue weighted by atomic mass is 32.2. The van der Waals surface area contributed by atoms with Crippen LogP contribution in [0.25, 0.3) is 10.8 Å². The van der Waals surface area contributed by atoms with Gasteiger partial charge in [-0.1, -0.05) is 53.7 Å². The lowest BCUT2D eigenvalue weighted by Gasteiger charge is -2.11. The van der Waals surface area contributed by atoms with Gasteiger partial charge in [0.2, 0.25) is 5.89 Å². The molecule has 1 aromatic heterocycles. The number of carbonyl (C=O) groups is 1. The van der Waals surface area contributed by atoms with E-state index in [-0.39, 0.29) is 5.91 Å². The summed E-state index contributed by atoms with van der Waals surface area (Å²) in [6.45, 7) is 1.76. The fourth-order valence-electron chi connectivity index (χ4n) is 2.85. The highest BCUT2D eigenvalue weighted by molar-refractivity contribution is 7.98. The van der Waals surface area contributed by atoms with E-state index in [0.29, 0.717) is 23.0 Å². The van der Waals surface area contributed by atoms with Crippen molar-refractivity contribution in [2.24, 2.45) is 0 Å². The second kappa shape index (κ2) is 7.63. The van der Waals surface area contributed by atoms with Crippen LogP contribution in [0.3, 0.4) is 0 Å². The van der Waals surface area contributed by atoms with Crippen molar-refractivity contribution in [3.63, 3.8) is 0 Å². The lowest BCUT2D eigenvalue weighted by atomic mass is 10.1. The molecule has 134 valence electrons. The summed E-state index contributed by atoms with van der Waals surface area (Å²) in [4.78, 5) is 18.0. The molecule has 0 unspecified atom stereocenters. The van der Waals surface area contributed by atoms with Crippen LogP contribution in [0, 0.1) is 6.92 Å². The molecule has 0 atom stereocenters. The molecule has 6 heteroatoms. The Morgan fingerprint density at radius 2 is 1.81 bits per heavy atom.